The van der Waals surface area contributed by atoms with Crippen molar-refractivity contribution in [2.24, 2.45) is 0 Å². The molecule has 2 amide bonds. The van der Waals surface area contributed by atoms with Gasteiger partial charge in [0.05, 0.1) is 12.8 Å². The molecule has 39 heavy (non-hydrogen) atoms. The van der Waals surface area contributed by atoms with Gasteiger partial charge in [-0.25, -0.2) is 8.42 Å². The van der Waals surface area contributed by atoms with Crippen molar-refractivity contribution in [2.45, 2.75) is 32.0 Å². The standard InChI is InChI=1S/C30H37N3O5S/c1-38-20-12-19-31-30(35)28(21-25-13-6-3-7-14-25)33(23-27-17-10-5-11-18-27)29(34)24-32(39(2,36)37)22-26-15-8-4-9-16-26/h3-11,13-18,28H,12,19-24H2,1-2H3,(H,31,35). The number of ether oxygens (including phenoxy) is 1. The molecule has 0 aliphatic rings. The van der Waals surface area contributed by atoms with Crippen LogP contribution < -0.4 is 5.32 Å². The van der Waals surface area contributed by atoms with Crippen LogP contribution in [0.1, 0.15) is 23.1 Å². The fourth-order valence-corrected chi connectivity index (χ4v) is 4.93. The number of carbonyl (C=O) groups excluding carboxylic acids is 2. The second-order valence-electron chi connectivity index (χ2n) is 9.37. The van der Waals surface area contributed by atoms with Crippen molar-refractivity contribution in [1.29, 1.82) is 0 Å². The molecule has 3 aromatic carbocycles. The summed E-state index contributed by atoms with van der Waals surface area (Å²) in [4.78, 5) is 29.0. The van der Waals surface area contributed by atoms with E-state index in [1.54, 1.807) is 7.11 Å². The lowest BCUT2D eigenvalue weighted by Crippen LogP contribution is -2.53. The van der Waals surface area contributed by atoms with E-state index in [0.29, 0.717) is 19.6 Å². The van der Waals surface area contributed by atoms with Gasteiger partial charge < -0.3 is 15.0 Å². The molecular weight excluding hydrogens is 514 g/mol. The maximum Gasteiger partial charge on any atom is 0.243 e. The monoisotopic (exact) mass is 551 g/mol. The topological polar surface area (TPSA) is 96.0 Å². The van der Waals surface area contributed by atoms with Crippen LogP contribution in [0.15, 0.2) is 91.0 Å². The van der Waals surface area contributed by atoms with E-state index in [2.05, 4.69) is 5.32 Å². The molecule has 0 aliphatic carbocycles. The maximum atomic E-state index is 13.9. The Bertz CT molecular complexity index is 1270. The first-order chi connectivity index (χ1) is 18.8. The summed E-state index contributed by atoms with van der Waals surface area (Å²) in [5.41, 5.74) is 2.50. The van der Waals surface area contributed by atoms with Gasteiger partial charge in [0.15, 0.2) is 0 Å². The van der Waals surface area contributed by atoms with E-state index in [9.17, 15) is 18.0 Å². The number of methoxy groups -OCH3 is 1. The van der Waals surface area contributed by atoms with Crippen molar-refractivity contribution in [3.8, 4) is 0 Å². The van der Waals surface area contributed by atoms with Gasteiger partial charge in [-0.1, -0.05) is 91.0 Å². The lowest BCUT2D eigenvalue weighted by atomic mass is 10.0. The molecule has 0 fully saturated rings. The zero-order valence-corrected chi connectivity index (χ0v) is 23.3. The number of nitrogens with zero attached hydrogens (tertiary/aromatic N) is 2. The van der Waals surface area contributed by atoms with Crippen LogP contribution in [0.4, 0.5) is 0 Å². The van der Waals surface area contributed by atoms with Crippen molar-refractivity contribution in [2.75, 3.05) is 33.1 Å². The molecule has 3 rings (SSSR count). The summed E-state index contributed by atoms with van der Waals surface area (Å²) in [5.74, 6) is -0.749. The molecule has 1 unspecified atom stereocenters. The number of hydrogen-bond donors (Lipinski definition) is 1. The third-order valence-electron chi connectivity index (χ3n) is 6.27. The first-order valence-electron chi connectivity index (χ1n) is 12.9. The first-order valence-corrected chi connectivity index (χ1v) is 14.8. The smallest absolute Gasteiger partial charge is 0.243 e. The SMILES string of the molecule is COCCCNC(=O)C(Cc1ccccc1)N(Cc1ccccc1)C(=O)CN(Cc1ccccc1)S(C)(=O)=O. The van der Waals surface area contributed by atoms with Crippen molar-refractivity contribution in [3.05, 3.63) is 108 Å². The van der Waals surface area contributed by atoms with Gasteiger partial charge in [0.1, 0.15) is 6.04 Å². The first kappa shape index (κ1) is 30.0. The number of amides is 2. The third-order valence-corrected chi connectivity index (χ3v) is 7.47. The van der Waals surface area contributed by atoms with E-state index in [4.69, 9.17) is 4.74 Å². The Balaban J connectivity index is 1.93. The molecule has 9 heteroatoms. The second-order valence-corrected chi connectivity index (χ2v) is 11.3. The highest BCUT2D eigenvalue weighted by molar-refractivity contribution is 7.88. The van der Waals surface area contributed by atoms with Gasteiger partial charge in [0, 0.05) is 39.8 Å². The maximum absolute atomic E-state index is 13.9. The van der Waals surface area contributed by atoms with E-state index in [1.807, 2.05) is 91.0 Å². The third kappa shape index (κ3) is 9.94. The lowest BCUT2D eigenvalue weighted by molar-refractivity contribution is -0.141. The Labute approximate surface area is 231 Å². The normalized spacial score (nSPS) is 12.2. The zero-order chi connectivity index (χ0) is 28.1. The molecule has 0 heterocycles. The molecule has 0 aliphatic heterocycles. The van der Waals surface area contributed by atoms with Crippen LogP contribution in [0, 0.1) is 0 Å². The van der Waals surface area contributed by atoms with E-state index >= 15 is 0 Å². The molecule has 0 saturated carbocycles. The zero-order valence-electron chi connectivity index (χ0n) is 22.5. The molecule has 0 spiro atoms. The Morgan fingerprint density at radius 3 is 1.85 bits per heavy atom. The summed E-state index contributed by atoms with van der Waals surface area (Å²) < 4.78 is 31.7. The second kappa shape index (κ2) is 15.2. The highest BCUT2D eigenvalue weighted by Gasteiger charge is 2.32. The van der Waals surface area contributed by atoms with Gasteiger partial charge in [-0.3, -0.25) is 9.59 Å². The van der Waals surface area contributed by atoms with E-state index in [-0.39, 0.29) is 32.0 Å². The van der Waals surface area contributed by atoms with Gasteiger partial charge in [-0.2, -0.15) is 4.31 Å². The Kier molecular flexibility index (Phi) is 11.7. The van der Waals surface area contributed by atoms with Crippen LogP contribution in [-0.2, 0) is 43.9 Å². The number of benzene rings is 3. The molecule has 8 nitrogen and oxygen atoms in total. The van der Waals surface area contributed by atoms with Crippen molar-refractivity contribution >= 4 is 21.8 Å². The molecule has 0 aromatic heterocycles. The average Bonchev–Trinajstić information content (AvgIpc) is 2.93. The molecule has 0 saturated heterocycles. The number of carbonyl (C=O) groups is 2. The van der Waals surface area contributed by atoms with Crippen LogP contribution in [0.3, 0.4) is 0 Å². The quantitative estimate of drug-likeness (QED) is 0.293. The van der Waals surface area contributed by atoms with E-state index in [0.717, 1.165) is 27.3 Å². The number of sulfonamides is 1. The van der Waals surface area contributed by atoms with Crippen LogP contribution in [0.5, 0.6) is 0 Å². The molecule has 1 atom stereocenters. The van der Waals surface area contributed by atoms with Gasteiger partial charge in [0.2, 0.25) is 21.8 Å². The van der Waals surface area contributed by atoms with Crippen molar-refractivity contribution < 1.29 is 22.7 Å². The largest absolute Gasteiger partial charge is 0.385 e. The molecule has 3 aromatic rings. The van der Waals surface area contributed by atoms with Gasteiger partial charge in [0.25, 0.3) is 0 Å². The Hall–Kier alpha value is -3.53. The number of rotatable bonds is 15. The lowest BCUT2D eigenvalue weighted by Gasteiger charge is -2.33. The summed E-state index contributed by atoms with van der Waals surface area (Å²) >= 11 is 0. The highest BCUT2D eigenvalue weighted by atomic mass is 32.2. The van der Waals surface area contributed by atoms with E-state index < -0.39 is 22.0 Å². The number of nitrogens with one attached hydrogen (secondary N) is 1. The fraction of sp³-hybridized carbons (Fsp3) is 0.333. The van der Waals surface area contributed by atoms with E-state index in [1.165, 1.54) is 4.90 Å². The Morgan fingerprint density at radius 1 is 0.821 bits per heavy atom. The fourth-order valence-electron chi connectivity index (χ4n) is 4.20. The predicted octanol–water partition coefficient (Wildman–Crippen LogP) is 3.24. The molecule has 1 N–H and O–H groups in total. The summed E-state index contributed by atoms with van der Waals surface area (Å²) in [7, 11) is -2.12. The minimum Gasteiger partial charge on any atom is -0.385 e. The van der Waals surface area contributed by atoms with Crippen LogP contribution in [-0.4, -0.2) is 68.5 Å². The molecule has 0 bridgehead atoms. The minimum atomic E-state index is -3.72. The van der Waals surface area contributed by atoms with Crippen molar-refractivity contribution in [1.82, 2.24) is 14.5 Å². The van der Waals surface area contributed by atoms with Gasteiger partial charge in [-0.15, -0.1) is 0 Å². The molecule has 0 radical (unpaired) electrons. The molecule has 208 valence electrons. The predicted molar refractivity (Wildman–Crippen MR) is 152 cm³/mol. The Morgan fingerprint density at radius 2 is 1.33 bits per heavy atom. The summed E-state index contributed by atoms with van der Waals surface area (Å²) in [6.07, 6.45) is 2.01. The molecular formula is C30H37N3O5S. The summed E-state index contributed by atoms with van der Waals surface area (Å²) in [6, 6.07) is 27.1. The summed E-state index contributed by atoms with van der Waals surface area (Å²) in [5, 5.41) is 2.94. The van der Waals surface area contributed by atoms with Crippen LogP contribution in [0.2, 0.25) is 0 Å². The van der Waals surface area contributed by atoms with Gasteiger partial charge in [-0.05, 0) is 23.1 Å². The summed E-state index contributed by atoms with van der Waals surface area (Å²) in [6.45, 7) is 0.722. The van der Waals surface area contributed by atoms with Crippen LogP contribution in [0.25, 0.3) is 0 Å². The van der Waals surface area contributed by atoms with Crippen molar-refractivity contribution in [3.63, 3.8) is 0 Å². The highest BCUT2D eigenvalue weighted by Crippen LogP contribution is 2.17. The van der Waals surface area contributed by atoms with Gasteiger partial charge >= 0.3 is 0 Å². The van der Waals surface area contributed by atoms with Crippen LogP contribution >= 0.6 is 0 Å². The minimum absolute atomic E-state index is 0.0527. The average molecular weight is 552 g/mol. The number of hydrogen-bond acceptors (Lipinski definition) is 5.